The van der Waals surface area contributed by atoms with Crippen LogP contribution in [0.15, 0.2) is 42.5 Å². The number of likely N-dealkylation sites (N-methyl/N-ethyl adjacent to an activating group) is 2. The van der Waals surface area contributed by atoms with Gasteiger partial charge in [0.2, 0.25) is 6.41 Å². The lowest BCUT2D eigenvalue weighted by Crippen LogP contribution is -2.60. The van der Waals surface area contributed by atoms with Crippen molar-refractivity contribution < 1.29 is 32.3 Å². The number of rotatable bonds is 6. The highest BCUT2D eigenvalue weighted by Crippen LogP contribution is 2.38. The van der Waals surface area contributed by atoms with Gasteiger partial charge in [-0.2, -0.15) is 18.4 Å². The Hall–Kier alpha value is -3.61. The fourth-order valence-electron chi connectivity index (χ4n) is 3.40. The number of benzene rings is 2. The van der Waals surface area contributed by atoms with Crippen LogP contribution in [0.2, 0.25) is 0 Å². The number of aromatic hydroxyl groups is 1. The van der Waals surface area contributed by atoms with Crippen molar-refractivity contribution in [2.45, 2.75) is 24.8 Å². The molecule has 10 heteroatoms. The topological polar surface area (TPSA) is 84.6 Å². The summed E-state index contributed by atoms with van der Waals surface area (Å²) in [5.41, 5.74) is -4.35. The standard InChI is InChI=1S/C21H19F4N3O3/c1-13(22)20(27(2)12-29,15-5-8-17(30)9-6-15)19(31)28(3)16-7-4-14(11-26)18(10-16)21(23,24)25/h4-10,12-13,30H,1-3H3. The molecule has 0 fully saturated rings. The number of amides is 2. The van der Waals surface area contributed by atoms with Gasteiger partial charge in [-0.3, -0.25) is 9.59 Å². The maximum atomic E-state index is 15.0. The van der Waals surface area contributed by atoms with Gasteiger partial charge in [-0.15, -0.1) is 0 Å². The molecule has 2 atom stereocenters. The van der Waals surface area contributed by atoms with E-state index in [9.17, 15) is 27.9 Å². The summed E-state index contributed by atoms with van der Waals surface area (Å²) < 4.78 is 55.0. The molecule has 31 heavy (non-hydrogen) atoms. The number of phenolic OH excluding ortho intramolecular Hbond substituents is 1. The van der Waals surface area contributed by atoms with E-state index in [0.717, 1.165) is 35.9 Å². The Balaban J connectivity index is 2.69. The van der Waals surface area contributed by atoms with Crippen molar-refractivity contribution in [3.63, 3.8) is 0 Å². The number of phenols is 1. The molecule has 0 saturated heterocycles. The number of hydrogen-bond donors (Lipinski definition) is 1. The number of carbonyl (C=O) groups is 2. The average Bonchev–Trinajstić information content (AvgIpc) is 2.73. The number of nitriles is 1. The molecule has 0 heterocycles. The molecule has 2 aromatic rings. The van der Waals surface area contributed by atoms with E-state index in [1.54, 1.807) is 0 Å². The molecule has 0 aliphatic rings. The van der Waals surface area contributed by atoms with E-state index in [1.165, 1.54) is 37.4 Å². The van der Waals surface area contributed by atoms with Gasteiger partial charge in [0, 0.05) is 19.8 Å². The normalized spacial score (nSPS) is 14.1. The van der Waals surface area contributed by atoms with Crippen molar-refractivity contribution in [3.8, 4) is 11.8 Å². The Morgan fingerprint density at radius 2 is 1.74 bits per heavy atom. The Morgan fingerprint density at radius 1 is 1.16 bits per heavy atom. The van der Waals surface area contributed by atoms with Crippen LogP contribution in [0, 0.1) is 11.3 Å². The van der Waals surface area contributed by atoms with Crippen LogP contribution in [0.5, 0.6) is 5.75 Å². The maximum absolute atomic E-state index is 15.0. The fourth-order valence-corrected chi connectivity index (χ4v) is 3.40. The van der Waals surface area contributed by atoms with Crippen molar-refractivity contribution in [3.05, 3.63) is 59.2 Å². The van der Waals surface area contributed by atoms with Crippen molar-refractivity contribution in [1.82, 2.24) is 4.90 Å². The zero-order valence-corrected chi connectivity index (χ0v) is 16.8. The second kappa shape index (κ2) is 8.63. The lowest BCUT2D eigenvalue weighted by Gasteiger charge is -2.42. The smallest absolute Gasteiger partial charge is 0.417 e. The van der Waals surface area contributed by atoms with Gasteiger partial charge >= 0.3 is 6.18 Å². The predicted molar refractivity (Wildman–Crippen MR) is 104 cm³/mol. The molecule has 2 aromatic carbocycles. The van der Waals surface area contributed by atoms with E-state index in [2.05, 4.69) is 0 Å². The van der Waals surface area contributed by atoms with Gasteiger partial charge in [-0.25, -0.2) is 4.39 Å². The number of alkyl halides is 4. The highest BCUT2D eigenvalue weighted by Gasteiger charge is 2.51. The highest BCUT2D eigenvalue weighted by atomic mass is 19.4. The van der Waals surface area contributed by atoms with Crippen LogP contribution in [0.3, 0.4) is 0 Å². The largest absolute Gasteiger partial charge is 0.508 e. The molecule has 0 saturated carbocycles. The van der Waals surface area contributed by atoms with Crippen LogP contribution < -0.4 is 4.90 Å². The Labute approximate surface area is 175 Å². The fraction of sp³-hybridized carbons (Fsp3) is 0.286. The number of carbonyl (C=O) groups excluding carboxylic acids is 2. The minimum absolute atomic E-state index is 0.0106. The van der Waals surface area contributed by atoms with Gasteiger partial charge in [0.25, 0.3) is 5.91 Å². The molecule has 2 unspecified atom stereocenters. The van der Waals surface area contributed by atoms with Crippen LogP contribution in [0.1, 0.15) is 23.6 Å². The lowest BCUT2D eigenvalue weighted by atomic mass is 9.82. The Bertz CT molecular complexity index is 1020. The first-order chi connectivity index (χ1) is 14.4. The minimum atomic E-state index is -4.86. The first-order valence-electron chi connectivity index (χ1n) is 8.92. The number of nitrogens with zero attached hydrogens (tertiary/aromatic N) is 3. The third kappa shape index (κ3) is 4.17. The van der Waals surface area contributed by atoms with Crippen LogP contribution >= 0.6 is 0 Å². The second-order valence-corrected chi connectivity index (χ2v) is 6.85. The van der Waals surface area contributed by atoms with Gasteiger partial charge in [-0.05, 0) is 42.8 Å². The molecular weight excluding hydrogens is 418 g/mol. The quantitative estimate of drug-likeness (QED) is 0.553. The zero-order valence-electron chi connectivity index (χ0n) is 16.8. The maximum Gasteiger partial charge on any atom is 0.417 e. The molecule has 2 amide bonds. The summed E-state index contributed by atoms with van der Waals surface area (Å²) in [5.74, 6) is -1.19. The van der Waals surface area contributed by atoms with E-state index in [0.29, 0.717) is 6.07 Å². The number of anilines is 1. The Morgan fingerprint density at radius 3 is 2.19 bits per heavy atom. The van der Waals surface area contributed by atoms with E-state index in [1.807, 2.05) is 0 Å². The third-order valence-electron chi connectivity index (χ3n) is 5.04. The Kier molecular flexibility index (Phi) is 6.59. The first-order valence-corrected chi connectivity index (χ1v) is 8.92. The van der Waals surface area contributed by atoms with E-state index >= 15 is 4.39 Å². The van der Waals surface area contributed by atoms with Crippen LogP contribution in [-0.2, 0) is 21.3 Å². The molecule has 0 radical (unpaired) electrons. The van der Waals surface area contributed by atoms with E-state index in [4.69, 9.17) is 5.26 Å². The number of hydrogen-bond acceptors (Lipinski definition) is 4. The lowest BCUT2D eigenvalue weighted by molar-refractivity contribution is -0.142. The van der Waals surface area contributed by atoms with Crippen molar-refractivity contribution in [2.24, 2.45) is 0 Å². The van der Waals surface area contributed by atoms with Crippen molar-refractivity contribution in [2.75, 3.05) is 19.0 Å². The van der Waals surface area contributed by atoms with Gasteiger partial charge in [0.15, 0.2) is 5.54 Å². The molecular formula is C21H19F4N3O3. The minimum Gasteiger partial charge on any atom is -0.508 e. The molecule has 0 aliphatic carbocycles. The summed E-state index contributed by atoms with van der Waals surface area (Å²) in [7, 11) is 2.31. The number of halogens is 4. The van der Waals surface area contributed by atoms with Crippen LogP contribution in [-0.4, -0.2) is 42.6 Å². The summed E-state index contributed by atoms with van der Waals surface area (Å²) >= 11 is 0. The van der Waals surface area contributed by atoms with Gasteiger partial charge < -0.3 is 14.9 Å². The predicted octanol–water partition coefficient (Wildman–Crippen LogP) is 3.59. The van der Waals surface area contributed by atoms with Gasteiger partial charge in [0.05, 0.1) is 17.2 Å². The first kappa shape index (κ1) is 23.7. The summed E-state index contributed by atoms with van der Waals surface area (Å²) in [6.07, 6.45) is -6.61. The third-order valence-corrected chi connectivity index (χ3v) is 5.04. The molecule has 0 bridgehead atoms. The molecule has 1 N–H and O–H groups in total. The van der Waals surface area contributed by atoms with Crippen LogP contribution in [0.25, 0.3) is 0 Å². The SMILES string of the molecule is CC(F)C(C(=O)N(C)c1ccc(C#N)c(C(F)(F)F)c1)(c1ccc(O)cc1)N(C)C=O. The molecule has 0 aliphatic heterocycles. The summed E-state index contributed by atoms with van der Waals surface area (Å²) in [4.78, 5) is 26.6. The van der Waals surface area contributed by atoms with E-state index in [-0.39, 0.29) is 23.4 Å². The van der Waals surface area contributed by atoms with Gasteiger partial charge in [0.1, 0.15) is 11.9 Å². The van der Waals surface area contributed by atoms with Crippen molar-refractivity contribution in [1.29, 1.82) is 5.26 Å². The molecule has 6 nitrogen and oxygen atoms in total. The second-order valence-electron chi connectivity index (χ2n) is 6.85. The molecule has 0 spiro atoms. The van der Waals surface area contributed by atoms with Crippen LogP contribution in [0.4, 0.5) is 23.2 Å². The highest BCUT2D eigenvalue weighted by molar-refractivity contribution is 6.02. The summed E-state index contributed by atoms with van der Waals surface area (Å²) in [6, 6.07) is 8.97. The monoisotopic (exact) mass is 437 g/mol. The summed E-state index contributed by atoms with van der Waals surface area (Å²) in [5, 5.41) is 18.5. The summed E-state index contributed by atoms with van der Waals surface area (Å²) in [6.45, 7) is 1.04. The van der Waals surface area contributed by atoms with Crippen molar-refractivity contribution >= 4 is 18.0 Å². The molecule has 2 rings (SSSR count). The van der Waals surface area contributed by atoms with Gasteiger partial charge in [-0.1, -0.05) is 12.1 Å². The average molecular weight is 437 g/mol. The zero-order chi connectivity index (χ0) is 23.6. The van der Waals surface area contributed by atoms with E-state index < -0.39 is 34.9 Å². The molecule has 0 aromatic heterocycles. The molecule has 164 valence electrons.